The van der Waals surface area contributed by atoms with Crippen LogP contribution in [0.4, 0.5) is 24.7 Å². The second-order valence-electron chi connectivity index (χ2n) is 9.70. The van der Waals surface area contributed by atoms with Crippen molar-refractivity contribution in [1.82, 2.24) is 9.88 Å². The number of rotatable bonds is 6. The molecule has 4 rings (SSSR count). The third-order valence-corrected chi connectivity index (χ3v) is 9.14. The van der Waals surface area contributed by atoms with Crippen molar-refractivity contribution in [3.8, 4) is 0 Å². The highest BCUT2D eigenvalue weighted by Gasteiger charge is 2.52. The zero-order chi connectivity index (χ0) is 25.8. The smallest absolute Gasteiger partial charge is 0.268 e. The number of methoxy groups -OCH3 is 1. The van der Waals surface area contributed by atoms with Crippen LogP contribution < -0.4 is 9.62 Å². The van der Waals surface area contributed by atoms with E-state index < -0.39 is 48.9 Å². The molecule has 7 nitrogen and oxygen atoms in total. The van der Waals surface area contributed by atoms with Gasteiger partial charge in [-0.2, -0.15) is 4.39 Å². The van der Waals surface area contributed by atoms with Gasteiger partial charge in [0.15, 0.2) is 10.7 Å². The van der Waals surface area contributed by atoms with Crippen LogP contribution in [-0.4, -0.2) is 62.7 Å². The van der Waals surface area contributed by atoms with E-state index in [0.29, 0.717) is 19.5 Å². The minimum Gasteiger partial charge on any atom is -0.375 e. The number of nitrogens with zero attached hydrogens (tertiary/aromatic N) is 3. The van der Waals surface area contributed by atoms with Crippen molar-refractivity contribution < 1.29 is 26.3 Å². The lowest BCUT2D eigenvalue weighted by molar-refractivity contribution is -0.0587. The van der Waals surface area contributed by atoms with E-state index in [9.17, 15) is 12.8 Å². The average Bonchev–Trinajstić information content (AvgIpc) is 3.32. The Morgan fingerprint density at radius 1 is 1.23 bits per heavy atom. The summed E-state index contributed by atoms with van der Waals surface area (Å²) in [7, 11) is -1.10. The summed E-state index contributed by atoms with van der Waals surface area (Å²) in [5, 5.41) is -0.522. The minimum absolute atomic E-state index is 0.000981. The molecule has 2 saturated heterocycles. The van der Waals surface area contributed by atoms with E-state index in [4.69, 9.17) is 16.3 Å². The number of likely N-dealkylation sites (N-methyl/N-ethyl adjacent to an activating group) is 1. The van der Waals surface area contributed by atoms with Gasteiger partial charge in [-0.25, -0.2) is 22.2 Å². The molecule has 0 spiro atoms. The average molecular weight is 533 g/mol. The van der Waals surface area contributed by atoms with Gasteiger partial charge in [0, 0.05) is 37.8 Å². The molecule has 0 saturated carbocycles. The quantitative estimate of drug-likeness (QED) is 0.438. The molecule has 1 N–H and O–H groups in total. The van der Waals surface area contributed by atoms with Gasteiger partial charge in [-0.1, -0.05) is 17.7 Å². The van der Waals surface area contributed by atoms with E-state index in [1.165, 1.54) is 6.07 Å². The van der Waals surface area contributed by atoms with Gasteiger partial charge in [0.05, 0.1) is 5.69 Å². The number of sulfonamides is 1. The van der Waals surface area contributed by atoms with Crippen LogP contribution in [0.1, 0.15) is 33.1 Å². The van der Waals surface area contributed by atoms with Crippen molar-refractivity contribution in [1.29, 1.82) is 0 Å². The van der Waals surface area contributed by atoms with Gasteiger partial charge >= 0.3 is 0 Å². The van der Waals surface area contributed by atoms with E-state index >= 15 is 8.78 Å². The largest absolute Gasteiger partial charge is 0.375 e. The van der Waals surface area contributed by atoms with Crippen molar-refractivity contribution >= 4 is 33.1 Å². The summed E-state index contributed by atoms with van der Waals surface area (Å²) in [6, 6.07) is 4.38. The molecule has 0 bridgehead atoms. The van der Waals surface area contributed by atoms with Crippen LogP contribution in [0.15, 0.2) is 29.2 Å². The third-order valence-electron chi connectivity index (χ3n) is 7.39. The highest BCUT2D eigenvalue weighted by atomic mass is 35.5. The van der Waals surface area contributed by atoms with E-state index in [1.807, 2.05) is 11.8 Å². The molecule has 2 aliphatic rings. The highest BCUT2D eigenvalue weighted by Crippen LogP contribution is 2.45. The van der Waals surface area contributed by atoms with Crippen LogP contribution in [0.5, 0.6) is 0 Å². The lowest BCUT2D eigenvalue weighted by atomic mass is 9.91. The molecule has 0 aliphatic carbocycles. The molecule has 1 aromatic heterocycles. The fraction of sp³-hybridized carbons (Fsp3) is 0.522. The first kappa shape index (κ1) is 26.0. The number of hydrogen-bond donors (Lipinski definition) is 1. The third kappa shape index (κ3) is 4.59. The molecule has 12 heteroatoms. The summed E-state index contributed by atoms with van der Waals surface area (Å²) in [6.45, 7) is 5.09. The van der Waals surface area contributed by atoms with E-state index in [0.717, 1.165) is 31.0 Å². The lowest BCUT2D eigenvalue weighted by Crippen LogP contribution is -2.55. The Hall–Kier alpha value is -2.08. The Morgan fingerprint density at radius 2 is 1.94 bits per heavy atom. The van der Waals surface area contributed by atoms with Gasteiger partial charge in [-0.3, -0.25) is 9.62 Å². The number of nitrogens with one attached hydrogen (secondary N) is 1. The maximum Gasteiger partial charge on any atom is 0.268 e. The van der Waals surface area contributed by atoms with Crippen LogP contribution in [0.3, 0.4) is 0 Å². The fourth-order valence-corrected chi connectivity index (χ4v) is 6.65. The van der Waals surface area contributed by atoms with Crippen molar-refractivity contribution in [3.63, 3.8) is 0 Å². The Morgan fingerprint density at radius 3 is 2.54 bits per heavy atom. The molecule has 192 valence electrons. The number of ether oxygens (including phenoxy) is 1. The Balaban J connectivity index is 1.64. The van der Waals surface area contributed by atoms with Crippen molar-refractivity contribution in [2.45, 2.75) is 55.2 Å². The first-order chi connectivity index (χ1) is 16.3. The number of likely N-dealkylation sites (tertiary alicyclic amines) is 1. The summed E-state index contributed by atoms with van der Waals surface area (Å²) in [6.07, 6.45) is 2.52. The van der Waals surface area contributed by atoms with Crippen LogP contribution in [-0.2, 0) is 14.8 Å². The number of halogens is 4. The van der Waals surface area contributed by atoms with Crippen molar-refractivity contribution in [3.05, 3.63) is 46.9 Å². The number of aromatic nitrogens is 1. The predicted molar refractivity (Wildman–Crippen MR) is 128 cm³/mol. The monoisotopic (exact) mass is 532 g/mol. The minimum atomic E-state index is -4.78. The number of hydrogen-bond acceptors (Lipinski definition) is 6. The topological polar surface area (TPSA) is 74.8 Å². The lowest BCUT2D eigenvalue weighted by Gasteiger charge is -2.41. The second-order valence-corrected chi connectivity index (χ2v) is 11.7. The number of benzene rings is 1. The maximum atomic E-state index is 15.2. The van der Waals surface area contributed by atoms with Gasteiger partial charge in [-0.05, 0) is 52.3 Å². The Bertz CT molecular complexity index is 1250. The first-order valence-electron chi connectivity index (χ1n) is 11.2. The maximum absolute atomic E-state index is 15.2. The van der Waals surface area contributed by atoms with Crippen LogP contribution in [0.2, 0.25) is 5.02 Å². The van der Waals surface area contributed by atoms with Crippen molar-refractivity contribution in [2.24, 2.45) is 0 Å². The summed E-state index contributed by atoms with van der Waals surface area (Å²) >= 11 is 6.25. The second kappa shape index (κ2) is 9.10. The Kier molecular flexibility index (Phi) is 6.76. The standard InChI is InChI=1S/C23H28ClF3N4O3S/c1-22(2)9-8-16(30(22)3)23(34-4)10-11-31(13-23)15-12-14(25)21(20(27)19(15)24)35(32,33)29-18-7-5-6-17(26)28-18/h5-7,12,16H,8-11,13H2,1-4H3,(H,28,29)/t16?,23-/m0/s1. The molecular formula is C23H28ClF3N4O3S. The highest BCUT2D eigenvalue weighted by molar-refractivity contribution is 7.92. The number of pyridine rings is 1. The molecule has 0 amide bonds. The molecule has 2 aromatic rings. The van der Waals surface area contributed by atoms with Gasteiger partial charge in [0.1, 0.15) is 22.3 Å². The summed E-state index contributed by atoms with van der Waals surface area (Å²) in [4.78, 5) is 6.11. The zero-order valence-corrected chi connectivity index (χ0v) is 21.5. The molecule has 3 heterocycles. The van der Waals surface area contributed by atoms with Crippen LogP contribution in [0.25, 0.3) is 0 Å². The van der Waals surface area contributed by atoms with Crippen LogP contribution in [0, 0.1) is 17.6 Å². The van der Waals surface area contributed by atoms with Gasteiger partial charge in [0.2, 0.25) is 5.95 Å². The molecule has 2 aliphatic heterocycles. The van der Waals surface area contributed by atoms with Crippen LogP contribution >= 0.6 is 11.6 Å². The van der Waals surface area contributed by atoms with Gasteiger partial charge in [-0.15, -0.1) is 0 Å². The molecule has 0 radical (unpaired) electrons. The van der Waals surface area contributed by atoms with E-state index in [2.05, 4.69) is 23.7 Å². The van der Waals surface area contributed by atoms with Gasteiger partial charge in [0.25, 0.3) is 10.0 Å². The first-order valence-corrected chi connectivity index (χ1v) is 13.0. The molecule has 1 aromatic carbocycles. The SMILES string of the molecule is CO[C@@]1(C2CCC(C)(C)N2C)CCN(c2cc(F)c(S(=O)(=O)Nc3cccc(F)n3)c(F)c2Cl)C1. The number of anilines is 2. The molecule has 2 fully saturated rings. The molecule has 2 atom stereocenters. The molecule has 35 heavy (non-hydrogen) atoms. The van der Waals surface area contributed by atoms with Crippen molar-refractivity contribution in [2.75, 3.05) is 36.9 Å². The normalized spacial score (nSPS) is 24.8. The zero-order valence-electron chi connectivity index (χ0n) is 19.9. The van der Waals surface area contributed by atoms with Gasteiger partial charge < -0.3 is 9.64 Å². The molecule has 1 unspecified atom stereocenters. The predicted octanol–water partition coefficient (Wildman–Crippen LogP) is 4.42. The fourth-order valence-electron chi connectivity index (χ4n) is 5.18. The molecular weight excluding hydrogens is 505 g/mol. The van der Waals surface area contributed by atoms with E-state index in [1.54, 1.807) is 12.0 Å². The summed E-state index contributed by atoms with van der Waals surface area (Å²) < 4.78 is 77.0. The van der Waals surface area contributed by atoms with E-state index in [-0.39, 0.29) is 17.3 Å². The summed E-state index contributed by atoms with van der Waals surface area (Å²) in [5.41, 5.74) is -0.531. The summed E-state index contributed by atoms with van der Waals surface area (Å²) in [5.74, 6) is -4.12. The Labute approximate surface area is 208 Å².